The van der Waals surface area contributed by atoms with Crippen molar-refractivity contribution in [2.45, 2.75) is 120 Å². The van der Waals surface area contributed by atoms with Gasteiger partial charge in [-0.25, -0.2) is 0 Å². The molecule has 0 aliphatic carbocycles. The molecule has 0 heterocycles. The number of alkyl halides is 1. The van der Waals surface area contributed by atoms with Gasteiger partial charge in [-0.1, -0.05) is 58.8 Å². The quantitative estimate of drug-likeness (QED) is 0.168. The fraction of sp³-hybridized carbons (Fsp3) is 0.633. The van der Waals surface area contributed by atoms with E-state index in [9.17, 15) is 14.0 Å². The minimum atomic E-state index is -0.181. The summed E-state index contributed by atoms with van der Waals surface area (Å²) >= 11 is 0. The molecule has 0 radical (unpaired) electrons. The van der Waals surface area contributed by atoms with E-state index in [4.69, 9.17) is 0 Å². The predicted octanol–water partition coefficient (Wildman–Crippen LogP) is 8.65. The number of halogens is 1. The molecule has 0 aliphatic rings. The average Bonchev–Trinajstić information content (AvgIpc) is 2.78. The fourth-order valence-corrected chi connectivity index (χ4v) is 3.45. The van der Waals surface area contributed by atoms with E-state index in [0.29, 0.717) is 12.0 Å². The Labute approximate surface area is 216 Å². The first-order chi connectivity index (χ1) is 16.3. The van der Waals surface area contributed by atoms with Gasteiger partial charge >= 0.3 is 0 Å². The van der Waals surface area contributed by atoms with Gasteiger partial charge in [-0.15, -0.1) is 0 Å². The molecule has 0 rings (SSSR count). The zero-order valence-electron chi connectivity index (χ0n) is 24.5. The van der Waals surface area contributed by atoms with Crippen LogP contribution in [0.25, 0.3) is 0 Å². The second-order valence-electron chi connectivity index (χ2n) is 9.18. The van der Waals surface area contributed by atoms with Crippen LogP contribution in [0.3, 0.4) is 0 Å². The van der Waals surface area contributed by atoms with E-state index in [0.717, 1.165) is 43.4 Å². The van der Waals surface area contributed by atoms with Crippen molar-refractivity contribution in [1.82, 2.24) is 5.32 Å². The maximum atomic E-state index is 12.3. The summed E-state index contributed by atoms with van der Waals surface area (Å²) in [5, 5.41) is 3.15. The van der Waals surface area contributed by atoms with Gasteiger partial charge in [-0.2, -0.15) is 0 Å². The molecule has 0 saturated carbocycles. The number of carbonyl (C=O) groups is 2. The normalized spacial score (nSPS) is 11.9. The number of carbonyl (C=O) groups excluding carboxylic acids is 2. The number of hydrogen-bond acceptors (Lipinski definition) is 3. The molecule has 0 fully saturated rings. The number of rotatable bonds is 12. The topological polar surface area (TPSA) is 58.5 Å². The molecule has 35 heavy (non-hydrogen) atoms. The van der Waals surface area contributed by atoms with E-state index >= 15 is 0 Å². The monoisotopic (exact) mass is 492 g/mol. The third-order valence-electron chi connectivity index (χ3n) is 5.39. The van der Waals surface area contributed by atoms with Crippen LogP contribution in [0.1, 0.15) is 115 Å². The van der Waals surface area contributed by atoms with Crippen molar-refractivity contribution in [2.75, 3.05) is 6.67 Å². The smallest absolute Gasteiger partial charge is 0.247 e. The highest BCUT2D eigenvalue weighted by Crippen LogP contribution is 2.20. The minimum Gasteiger partial charge on any atom is -0.347 e. The molecule has 0 aromatic rings. The van der Waals surface area contributed by atoms with Crippen LogP contribution in [0, 0.1) is 0 Å². The van der Waals surface area contributed by atoms with Crippen molar-refractivity contribution in [3.8, 4) is 0 Å². The Morgan fingerprint density at radius 3 is 1.71 bits per heavy atom. The zero-order valence-corrected chi connectivity index (χ0v) is 24.5. The molecule has 0 aliphatic heterocycles. The summed E-state index contributed by atoms with van der Waals surface area (Å²) in [6.07, 6.45) is 10.5. The molecule has 1 amide bonds. The molecule has 0 spiro atoms. The van der Waals surface area contributed by atoms with Gasteiger partial charge in [0.05, 0.1) is 6.67 Å². The molecule has 0 aromatic heterocycles. The molecule has 0 bridgehead atoms. The molecule has 0 saturated heterocycles. The Bertz CT molecular complexity index is 746. The second-order valence-corrected chi connectivity index (χ2v) is 9.18. The first kappa shape index (κ1) is 37.3. The Hall–Kier alpha value is -2.30. The van der Waals surface area contributed by atoms with Crippen LogP contribution >= 0.6 is 0 Å². The lowest BCUT2D eigenvalue weighted by atomic mass is 9.90. The highest BCUT2D eigenvalue weighted by atomic mass is 19.1. The molecule has 202 valence electrons. The minimum absolute atomic E-state index is 0.0145. The average molecular weight is 493 g/mol. The Balaban J connectivity index is -0.000000570. The third kappa shape index (κ3) is 19.7. The number of allylic oxidation sites excluding steroid dienone is 5. The SMILES string of the molecule is C=CN=C(C)C(CC)=C(C)C.CCCC(C)(CCC)NC(=O)/C(C)=C(C)/C=C\C(C)=O.CCCF. The standard InChI is InChI=1S/C17H29NO2.C10H17N.C3H7F/c1-7-11-17(6,12-8-2)18-16(20)15(5)13(3)9-10-14(4)19;1-6-10(8(3)4)9(5)11-7-2;1-2-3-4/h9-10H,7-8,11-12H2,1-6H3,(H,18,20);7H,2,6H2,1,3-5H3;2-3H2,1H3/b10-9-,15-13+;;. The van der Waals surface area contributed by atoms with Crippen molar-refractivity contribution in [2.24, 2.45) is 4.99 Å². The predicted molar refractivity (Wildman–Crippen MR) is 153 cm³/mol. The summed E-state index contributed by atoms with van der Waals surface area (Å²) in [7, 11) is 0. The van der Waals surface area contributed by atoms with Gasteiger partial charge in [0.2, 0.25) is 5.91 Å². The Morgan fingerprint density at radius 1 is 0.914 bits per heavy atom. The van der Waals surface area contributed by atoms with Crippen LogP contribution in [-0.4, -0.2) is 29.6 Å². The number of aliphatic imine (C=N–C) groups is 1. The van der Waals surface area contributed by atoms with E-state index < -0.39 is 0 Å². The van der Waals surface area contributed by atoms with Crippen LogP contribution in [0.15, 0.2) is 52.2 Å². The maximum Gasteiger partial charge on any atom is 0.247 e. The molecule has 1 N–H and O–H groups in total. The lowest BCUT2D eigenvalue weighted by Crippen LogP contribution is -2.46. The van der Waals surface area contributed by atoms with Gasteiger partial charge in [-0.05, 0) is 91.4 Å². The summed E-state index contributed by atoms with van der Waals surface area (Å²) < 4.78 is 10.7. The molecule has 0 atom stereocenters. The van der Waals surface area contributed by atoms with E-state index in [2.05, 4.69) is 58.4 Å². The summed E-state index contributed by atoms with van der Waals surface area (Å²) in [5.74, 6) is -0.0561. The van der Waals surface area contributed by atoms with Crippen LogP contribution in [0.5, 0.6) is 0 Å². The lowest BCUT2D eigenvalue weighted by Gasteiger charge is -2.30. The second kappa shape index (κ2) is 22.2. The first-order valence-electron chi connectivity index (χ1n) is 12.9. The largest absolute Gasteiger partial charge is 0.347 e. The van der Waals surface area contributed by atoms with Crippen molar-refractivity contribution in [3.05, 3.63) is 47.2 Å². The molecule has 5 heteroatoms. The number of amides is 1. The van der Waals surface area contributed by atoms with Crippen molar-refractivity contribution in [1.29, 1.82) is 0 Å². The fourth-order valence-electron chi connectivity index (χ4n) is 3.45. The first-order valence-corrected chi connectivity index (χ1v) is 12.9. The number of ketones is 1. The van der Waals surface area contributed by atoms with Gasteiger partial charge in [0.15, 0.2) is 5.78 Å². The van der Waals surface area contributed by atoms with Crippen LogP contribution < -0.4 is 5.32 Å². The van der Waals surface area contributed by atoms with E-state index in [1.807, 2.05) is 13.8 Å². The number of nitrogens with zero attached hydrogens (tertiary/aromatic N) is 1. The van der Waals surface area contributed by atoms with Gasteiger partial charge < -0.3 is 5.32 Å². The third-order valence-corrected chi connectivity index (χ3v) is 5.39. The van der Waals surface area contributed by atoms with Crippen LogP contribution in [-0.2, 0) is 9.59 Å². The maximum absolute atomic E-state index is 12.3. The van der Waals surface area contributed by atoms with Crippen molar-refractivity contribution in [3.63, 3.8) is 0 Å². The summed E-state index contributed by atoms with van der Waals surface area (Å²) in [6.45, 7) is 25.1. The number of nitrogens with one attached hydrogen (secondary N) is 1. The van der Waals surface area contributed by atoms with Gasteiger partial charge in [-0.3, -0.25) is 19.0 Å². The summed E-state index contributed by atoms with van der Waals surface area (Å²) in [5.41, 5.74) is 5.11. The summed E-state index contributed by atoms with van der Waals surface area (Å²) in [6, 6.07) is 0. The summed E-state index contributed by atoms with van der Waals surface area (Å²) in [4.78, 5) is 27.4. The van der Waals surface area contributed by atoms with E-state index in [1.165, 1.54) is 24.1 Å². The highest BCUT2D eigenvalue weighted by Gasteiger charge is 2.25. The molecule has 0 unspecified atom stereocenters. The molecule has 0 aromatic carbocycles. The molecular weight excluding hydrogens is 439 g/mol. The zero-order chi connectivity index (χ0) is 28.0. The van der Waals surface area contributed by atoms with Crippen LogP contribution in [0.4, 0.5) is 4.39 Å². The van der Waals surface area contributed by atoms with Gasteiger partial charge in [0, 0.05) is 23.0 Å². The van der Waals surface area contributed by atoms with E-state index in [-0.39, 0.29) is 23.9 Å². The number of hydrogen-bond donors (Lipinski definition) is 1. The molecule has 4 nitrogen and oxygen atoms in total. The van der Waals surface area contributed by atoms with Gasteiger partial charge in [0.1, 0.15) is 0 Å². The Kier molecular flexibility index (Phi) is 23.6. The molecular formula is C30H53FN2O2. The van der Waals surface area contributed by atoms with Crippen molar-refractivity contribution < 1.29 is 14.0 Å². The Morgan fingerprint density at radius 2 is 1.40 bits per heavy atom. The van der Waals surface area contributed by atoms with Crippen LogP contribution in [0.2, 0.25) is 0 Å². The highest BCUT2D eigenvalue weighted by molar-refractivity contribution is 5.99. The van der Waals surface area contributed by atoms with Gasteiger partial charge in [0.25, 0.3) is 0 Å². The lowest BCUT2D eigenvalue weighted by molar-refractivity contribution is -0.119. The van der Waals surface area contributed by atoms with E-state index in [1.54, 1.807) is 26.1 Å². The van der Waals surface area contributed by atoms with Crippen molar-refractivity contribution >= 4 is 17.4 Å².